The van der Waals surface area contributed by atoms with Crippen LogP contribution in [0.15, 0.2) is 0 Å². The van der Waals surface area contributed by atoms with Gasteiger partial charge < -0.3 is 21.3 Å². The van der Waals surface area contributed by atoms with Gasteiger partial charge in [0.15, 0.2) is 0 Å². The summed E-state index contributed by atoms with van der Waals surface area (Å²) < 4.78 is 0. The minimum Gasteiger partial charge on any atom is -0.358 e. The van der Waals surface area contributed by atoms with E-state index in [-0.39, 0.29) is 5.91 Å². The molecule has 0 heterocycles. The van der Waals surface area contributed by atoms with Crippen LogP contribution in [-0.4, -0.2) is 57.0 Å². The van der Waals surface area contributed by atoms with E-state index in [2.05, 4.69) is 15.5 Å². The number of hydrogen-bond acceptors (Lipinski definition) is 4. The van der Waals surface area contributed by atoms with Crippen molar-refractivity contribution in [3.05, 3.63) is 0 Å². The lowest BCUT2D eigenvalue weighted by Crippen LogP contribution is -2.30. The van der Waals surface area contributed by atoms with Gasteiger partial charge in [0.2, 0.25) is 12.3 Å². The van der Waals surface area contributed by atoms with Gasteiger partial charge in [0.1, 0.15) is 0 Å². The number of nitrogens with one attached hydrogen (secondary N) is 2. The van der Waals surface area contributed by atoms with Gasteiger partial charge in [0, 0.05) is 19.5 Å². The number of nitrogens with zero attached hydrogens (tertiary/aromatic N) is 1. The maximum absolute atomic E-state index is 11.2. The summed E-state index contributed by atoms with van der Waals surface area (Å²) in [6.45, 7) is 3.73. The smallest absolute Gasteiger partial charge is 0.221 e. The van der Waals surface area contributed by atoms with Crippen molar-refractivity contribution in [2.24, 2.45) is 5.73 Å². The Balaban J connectivity index is 3.31. The molecule has 0 unspecified atom stereocenters. The minimum atomic E-state index is -0.0241. The van der Waals surface area contributed by atoms with Crippen LogP contribution in [-0.2, 0) is 9.59 Å². The van der Waals surface area contributed by atoms with Crippen LogP contribution in [0.5, 0.6) is 0 Å². The Hall–Kier alpha value is -1.14. The monoisotopic (exact) mass is 244 g/mol. The summed E-state index contributed by atoms with van der Waals surface area (Å²) in [6, 6.07) is 0. The molecule has 6 heteroatoms. The molecule has 0 fully saturated rings. The summed E-state index contributed by atoms with van der Waals surface area (Å²) in [4.78, 5) is 23.4. The third-order valence-electron chi connectivity index (χ3n) is 2.36. The zero-order valence-corrected chi connectivity index (χ0v) is 10.6. The molecule has 0 radical (unpaired) electrons. The molecule has 0 rings (SSSR count). The molecule has 17 heavy (non-hydrogen) atoms. The predicted molar refractivity (Wildman–Crippen MR) is 67.5 cm³/mol. The molecule has 4 N–H and O–H groups in total. The molecule has 100 valence electrons. The third kappa shape index (κ3) is 11.1. The van der Waals surface area contributed by atoms with Crippen LogP contribution < -0.4 is 16.4 Å². The van der Waals surface area contributed by atoms with Gasteiger partial charge in [-0.2, -0.15) is 0 Å². The Kier molecular flexibility index (Phi) is 10.6. The van der Waals surface area contributed by atoms with Gasteiger partial charge in [-0.05, 0) is 39.5 Å². The molecule has 0 aromatic rings. The van der Waals surface area contributed by atoms with Gasteiger partial charge in [-0.25, -0.2) is 0 Å². The highest BCUT2D eigenvalue weighted by Gasteiger charge is 2.00. The second-order valence-electron chi connectivity index (χ2n) is 3.97. The summed E-state index contributed by atoms with van der Waals surface area (Å²) in [7, 11) is 2.05. The number of rotatable bonds is 11. The molecule has 0 aromatic heterocycles. The standard InChI is InChI=1S/C11H24N4O2/c1-15(8-2-5-12)9-3-6-14-11(17)4-7-13-10-16/h10H,2-9,12H2,1H3,(H,13,16)(H,14,17). The number of carbonyl (C=O) groups is 2. The molecule has 0 atom stereocenters. The first-order valence-electron chi connectivity index (χ1n) is 6.03. The van der Waals surface area contributed by atoms with Gasteiger partial charge in [-0.3, -0.25) is 9.59 Å². The number of carbonyl (C=O) groups excluding carboxylic acids is 2. The molecular formula is C11H24N4O2. The van der Waals surface area contributed by atoms with E-state index in [1.54, 1.807) is 0 Å². The van der Waals surface area contributed by atoms with Gasteiger partial charge >= 0.3 is 0 Å². The van der Waals surface area contributed by atoms with Crippen LogP contribution in [0.3, 0.4) is 0 Å². The van der Waals surface area contributed by atoms with E-state index in [0.29, 0.717) is 32.5 Å². The summed E-state index contributed by atoms with van der Waals surface area (Å²) >= 11 is 0. The topological polar surface area (TPSA) is 87.5 Å². The van der Waals surface area contributed by atoms with Crippen LogP contribution >= 0.6 is 0 Å². The largest absolute Gasteiger partial charge is 0.358 e. The molecule has 0 aliphatic heterocycles. The molecular weight excluding hydrogens is 220 g/mol. The lowest BCUT2D eigenvalue weighted by Gasteiger charge is -2.15. The van der Waals surface area contributed by atoms with Crippen LogP contribution in [0.25, 0.3) is 0 Å². The van der Waals surface area contributed by atoms with Gasteiger partial charge in [0.25, 0.3) is 0 Å². The van der Waals surface area contributed by atoms with E-state index in [0.717, 1.165) is 25.9 Å². The Morgan fingerprint density at radius 3 is 2.65 bits per heavy atom. The fraction of sp³-hybridized carbons (Fsp3) is 0.818. The summed E-state index contributed by atoms with van der Waals surface area (Å²) in [6.07, 6.45) is 2.86. The second kappa shape index (κ2) is 11.3. The minimum absolute atomic E-state index is 0.0241. The highest BCUT2D eigenvalue weighted by Crippen LogP contribution is 1.89. The Morgan fingerprint density at radius 1 is 1.29 bits per heavy atom. The van der Waals surface area contributed by atoms with E-state index in [9.17, 15) is 9.59 Å². The quantitative estimate of drug-likeness (QED) is 0.318. The Morgan fingerprint density at radius 2 is 2.00 bits per heavy atom. The third-order valence-corrected chi connectivity index (χ3v) is 2.36. The van der Waals surface area contributed by atoms with Gasteiger partial charge in [-0.15, -0.1) is 0 Å². The van der Waals surface area contributed by atoms with Crippen molar-refractivity contribution in [1.82, 2.24) is 15.5 Å². The van der Waals surface area contributed by atoms with Crippen LogP contribution in [0.4, 0.5) is 0 Å². The first-order chi connectivity index (χ1) is 8.20. The van der Waals surface area contributed by atoms with Gasteiger partial charge in [0.05, 0.1) is 0 Å². The predicted octanol–water partition coefficient (Wildman–Crippen LogP) is -1.09. The van der Waals surface area contributed by atoms with E-state index >= 15 is 0 Å². The first-order valence-corrected chi connectivity index (χ1v) is 6.03. The van der Waals surface area contributed by atoms with Crippen LogP contribution in [0, 0.1) is 0 Å². The van der Waals surface area contributed by atoms with Crippen molar-refractivity contribution in [3.8, 4) is 0 Å². The van der Waals surface area contributed by atoms with Crippen LogP contribution in [0.1, 0.15) is 19.3 Å². The van der Waals surface area contributed by atoms with Crippen molar-refractivity contribution in [3.63, 3.8) is 0 Å². The molecule has 0 aromatic carbocycles. The maximum atomic E-state index is 11.2. The number of hydrogen-bond donors (Lipinski definition) is 3. The summed E-state index contributed by atoms with van der Waals surface area (Å²) in [5.74, 6) is -0.0241. The number of amides is 2. The zero-order chi connectivity index (χ0) is 12.9. The molecule has 0 aliphatic rings. The Labute approximate surface area is 103 Å². The highest BCUT2D eigenvalue weighted by molar-refractivity contribution is 5.76. The summed E-state index contributed by atoms with van der Waals surface area (Å²) in [5, 5.41) is 5.26. The van der Waals surface area contributed by atoms with E-state index < -0.39 is 0 Å². The average molecular weight is 244 g/mol. The first kappa shape index (κ1) is 15.9. The van der Waals surface area contributed by atoms with E-state index in [1.807, 2.05) is 7.05 Å². The van der Waals surface area contributed by atoms with Crippen molar-refractivity contribution >= 4 is 12.3 Å². The molecule has 0 spiro atoms. The lowest BCUT2D eigenvalue weighted by molar-refractivity contribution is -0.121. The van der Waals surface area contributed by atoms with Crippen LogP contribution in [0.2, 0.25) is 0 Å². The highest BCUT2D eigenvalue weighted by atomic mass is 16.1. The van der Waals surface area contributed by atoms with Crippen molar-refractivity contribution < 1.29 is 9.59 Å². The SMILES string of the molecule is CN(CCCN)CCCNC(=O)CCNC=O. The fourth-order valence-electron chi connectivity index (χ4n) is 1.38. The van der Waals surface area contributed by atoms with Gasteiger partial charge in [-0.1, -0.05) is 0 Å². The van der Waals surface area contributed by atoms with Crippen molar-refractivity contribution in [2.45, 2.75) is 19.3 Å². The van der Waals surface area contributed by atoms with E-state index in [1.165, 1.54) is 0 Å². The normalized spacial score (nSPS) is 10.3. The molecule has 0 saturated heterocycles. The maximum Gasteiger partial charge on any atom is 0.221 e. The molecule has 2 amide bonds. The fourth-order valence-corrected chi connectivity index (χ4v) is 1.38. The van der Waals surface area contributed by atoms with Crippen molar-refractivity contribution in [1.29, 1.82) is 0 Å². The zero-order valence-electron chi connectivity index (χ0n) is 10.6. The second-order valence-corrected chi connectivity index (χ2v) is 3.97. The summed E-state index contributed by atoms with van der Waals surface area (Å²) in [5.41, 5.74) is 5.41. The average Bonchev–Trinajstić information content (AvgIpc) is 2.32. The molecule has 0 saturated carbocycles. The lowest BCUT2D eigenvalue weighted by atomic mass is 10.3. The van der Waals surface area contributed by atoms with Crippen molar-refractivity contribution in [2.75, 3.05) is 39.8 Å². The molecule has 0 bridgehead atoms. The van der Waals surface area contributed by atoms with E-state index in [4.69, 9.17) is 5.73 Å². The molecule has 6 nitrogen and oxygen atoms in total. The molecule has 0 aliphatic carbocycles. The number of nitrogens with two attached hydrogens (primary N) is 1. The Bertz CT molecular complexity index is 212.